The molecule has 0 unspecified atom stereocenters. The van der Waals surface area contributed by atoms with Crippen LogP contribution in [0.25, 0.3) is 0 Å². The van der Waals surface area contributed by atoms with Crippen LogP contribution in [0.3, 0.4) is 0 Å². The van der Waals surface area contributed by atoms with Gasteiger partial charge in [-0.15, -0.1) is 0 Å². The van der Waals surface area contributed by atoms with Crippen LogP contribution in [0.1, 0.15) is 33.4 Å². The summed E-state index contributed by atoms with van der Waals surface area (Å²) in [6.07, 6.45) is -9.51. The van der Waals surface area contributed by atoms with Gasteiger partial charge in [0.1, 0.15) is 24.5 Å². The average molecular weight is 473 g/mol. The molecule has 3 nitrogen and oxygen atoms in total. The van der Waals surface area contributed by atoms with Crippen LogP contribution in [0.5, 0.6) is 0 Å². The molecule has 0 N–H and O–H groups in total. The number of hydrogen-bond donors (Lipinski definition) is 0. The van der Waals surface area contributed by atoms with Crippen molar-refractivity contribution in [2.75, 3.05) is 25.1 Å². The molecule has 1 aliphatic rings. The third-order valence-electron chi connectivity index (χ3n) is 6.07. The van der Waals surface area contributed by atoms with Crippen molar-refractivity contribution in [3.05, 3.63) is 57.6 Å². The summed E-state index contributed by atoms with van der Waals surface area (Å²) in [7, 11) is 0.428. The van der Waals surface area contributed by atoms with E-state index in [1.165, 1.54) is 13.8 Å². The number of anilines is 1. The van der Waals surface area contributed by atoms with Gasteiger partial charge in [-0.3, -0.25) is 0 Å². The van der Waals surface area contributed by atoms with E-state index in [0.717, 1.165) is 34.5 Å². The first-order valence-corrected chi connectivity index (χ1v) is 10.4. The molecule has 33 heavy (non-hydrogen) atoms. The summed E-state index contributed by atoms with van der Waals surface area (Å²) in [6.45, 7) is 10.2. The molecule has 0 radical (unpaired) electrons. The number of aryl methyl sites for hydroxylation is 5. The van der Waals surface area contributed by atoms with Crippen molar-refractivity contribution < 1.29 is 35.7 Å². The van der Waals surface area contributed by atoms with Gasteiger partial charge in [0, 0.05) is 12.7 Å². The van der Waals surface area contributed by atoms with Gasteiger partial charge in [-0.1, -0.05) is 17.7 Å². The number of rotatable bonds is 4. The zero-order valence-electron chi connectivity index (χ0n) is 19.4. The molecule has 9 heteroatoms. The van der Waals surface area contributed by atoms with Crippen LogP contribution >= 0.6 is 0 Å². The molecule has 0 amide bonds. The molecule has 0 saturated carbocycles. The minimum absolute atomic E-state index is 0.301. The molecule has 2 aromatic rings. The molecule has 0 atom stereocenters. The van der Waals surface area contributed by atoms with Crippen LogP contribution in [-0.4, -0.2) is 43.5 Å². The fraction of sp³-hybridized carbons (Fsp3) is 0.458. The second-order valence-electron chi connectivity index (χ2n) is 8.59. The van der Waals surface area contributed by atoms with Crippen molar-refractivity contribution in [3.8, 4) is 0 Å². The van der Waals surface area contributed by atoms with Crippen LogP contribution in [0.4, 0.5) is 37.7 Å². The predicted molar refractivity (Wildman–Crippen MR) is 116 cm³/mol. The first-order valence-electron chi connectivity index (χ1n) is 10.4. The van der Waals surface area contributed by atoms with Gasteiger partial charge in [-0.25, -0.2) is 9.48 Å². The van der Waals surface area contributed by atoms with Crippen molar-refractivity contribution in [1.29, 1.82) is 0 Å². The smallest absolute Gasteiger partial charge is 0.357 e. The summed E-state index contributed by atoms with van der Waals surface area (Å²) in [5.41, 5.74) is 0.175. The number of hydrogen-bond acceptors (Lipinski definition) is 2. The lowest BCUT2D eigenvalue weighted by Gasteiger charge is -2.36. The molecule has 0 aliphatic carbocycles. The summed E-state index contributed by atoms with van der Waals surface area (Å²) in [6, 6.07) is 5.99. The Kier molecular flexibility index (Phi) is 6.34. The van der Waals surface area contributed by atoms with Gasteiger partial charge in [0.15, 0.2) is 0 Å². The highest BCUT2D eigenvalue weighted by molar-refractivity contribution is 5.82. The summed E-state index contributed by atoms with van der Waals surface area (Å²) >= 11 is 0. The Labute approximate surface area is 189 Å². The van der Waals surface area contributed by atoms with Gasteiger partial charge in [0.2, 0.25) is 6.34 Å². The van der Waals surface area contributed by atoms with Gasteiger partial charge in [-0.05, 0) is 69.0 Å². The summed E-state index contributed by atoms with van der Waals surface area (Å²) in [5.74, 6) is 0. The van der Waals surface area contributed by atoms with Crippen molar-refractivity contribution in [2.24, 2.45) is 0 Å². The molecule has 2 aromatic carbocycles. The number of alkyl halides is 6. The Bertz CT molecular complexity index is 1040. The van der Waals surface area contributed by atoms with Crippen LogP contribution < -0.4 is 4.90 Å². The van der Waals surface area contributed by atoms with E-state index in [2.05, 4.69) is 21.4 Å². The maximum absolute atomic E-state index is 13.7. The highest BCUT2D eigenvalue weighted by atomic mass is 19.4. The van der Waals surface area contributed by atoms with E-state index in [-0.39, 0.29) is 0 Å². The average Bonchev–Trinajstić information content (AvgIpc) is 3.07. The second-order valence-corrected chi connectivity index (χ2v) is 8.59. The predicted octanol–water partition coefficient (Wildman–Crippen LogP) is 6.39. The molecule has 0 spiro atoms. The minimum Gasteiger partial charge on any atom is -0.357 e. The number of methoxy groups -OCH3 is 1. The first kappa shape index (κ1) is 25.1. The molecule has 0 bridgehead atoms. The highest BCUT2D eigenvalue weighted by Gasteiger charge is 2.73. The Hall–Kier alpha value is -2.55. The lowest BCUT2D eigenvalue weighted by molar-refractivity contribution is -0.425. The maximum Gasteiger partial charge on any atom is 0.430 e. The van der Waals surface area contributed by atoms with Gasteiger partial charge < -0.3 is 4.74 Å². The topological polar surface area (TPSA) is 15.5 Å². The first-order chi connectivity index (χ1) is 15.1. The van der Waals surface area contributed by atoms with Gasteiger partial charge in [-0.2, -0.15) is 26.3 Å². The zero-order valence-corrected chi connectivity index (χ0v) is 19.4. The normalized spacial score (nSPS) is 15.3. The summed E-state index contributed by atoms with van der Waals surface area (Å²) < 4.78 is 88.4. The van der Waals surface area contributed by atoms with Gasteiger partial charge in [0.05, 0.1) is 0 Å². The standard InChI is InChI=1S/C24H27F6N2O/c1-14-9-15(2)20(16(3)10-14)31-7-8-32(13-31)21-17(4)11-19(12-18(21)5)22(33-6,23(25,26)27)24(28,29)30/h9-13H,7-8H2,1-6H3/q+1. The Morgan fingerprint density at radius 1 is 0.788 bits per heavy atom. The van der Waals surface area contributed by atoms with Gasteiger partial charge in [0.25, 0.3) is 5.60 Å². The third-order valence-corrected chi connectivity index (χ3v) is 6.07. The lowest BCUT2D eigenvalue weighted by atomic mass is 9.88. The number of nitrogens with zero attached hydrogens (tertiary/aromatic N) is 2. The van der Waals surface area contributed by atoms with E-state index in [9.17, 15) is 26.3 Å². The molecule has 0 aromatic heterocycles. The van der Waals surface area contributed by atoms with E-state index in [0.29, 0.717) is 37.0 Å². The molecule has 0 fully saturated rings. The Morgan fingerprint density at radius 3 is 1.70 bits per heavy atom. The van der Waals surface area contributed by atoms with E-state index in [1.807, 2.05) is 32.0 Å². The fourth-order valence-electron chi connectivity index (χ4n) is 4.91. The number of halogens is 6. The molecule has 1 aliphatic heterocycles. The van der Waals surface area contributed by atoms with E-state index in [4.69, 9.17) is 0 Å². The van der Waals surface area contributed by atoms with Crippen molar-refractivity contribution in [3.63, 3.8) is 0 Å². The van der Waals surface area contributed by atoms with Crippen LogP contribution in [0, 0.1) is 34.6 Å². The molecule has 3 rings (SSSR count). The summed E-state index contributed by atoms with van der Waals surface area (Å²) in [5, 5.41) is 0. The van der Waals surface area contributed by atoms with E-state index in [1.54, 1.807) is 0 Å². The van der Waals surface area contributed by atoms with Crippen molar-refractivity contribution >= 4 is 17.7 Å². The molecule has 180 valence electrons. The number of ether oxygens (including phenoxy) is 1. The zero-order chi connectivity index (χ0) is 24.9. The second kappa shape index (κ2) is 8.34. The SMILES string of the molecule is COC(c1cc(C)c(N2C=[N+](c3c(C)cc(C)cc3C)CC2)c(C)c1)(C(F)(F)F)C(F)(F)F. The lowest BCUT2D eigenvalue weighted by Crippen LogP contribution is -2.55. The van der Waals surface area contributed by atoms with Crippen LogP contribution in [-0.2, 0) is 10.3 Å². The minimum atomic E-state index is -5.68. The Balaban J connectivity index is 2.10. The molecule has 1 heterocycles. The molecule has 0 saturated heterocycles. The fourth-order valence-corrected chi connectivity index (χ4v) is 4.91. The molecular weight excluding hydrogens is 446 g/mol. The van der Waals surface area contributed by atoms with E-state index < -0.39 is 23.5 Å². The van der Waals surface area contributed by atoms with Crippen molar-refractivity contribution in [1.82, 2.24) is 0 Å². The summed E-state index contributed by atoms with van der Waals surface area (Å²) in [4.78, 5) is 1.86. The highest BCUT2D eigenvalue weighted by Crippen LogP contribution is 2.53. The van der Waals surface area contributed by atoms with Gasteiger partial charge >= 0.3 is 12.4 Å². The van der Waals surface area contributed by atoms with Crippen molar-refractivity contribution in [2.45, 2.75) is 52.6 Å². The number of benzene rings is 2. The third kappa shape index (κ3) is 4.11. The maximum atomic E-state index is 13.7. The Morgan fingerprint density at radius 2 is 1.27 bits per heavy atom. The quantitative estimate of drug-likeness (QED) is 0.378. The molecular formula is C24H27F6N2O+. The van der Waals surface area contributed by atoms with Crippen LogP contribution in [0.2, 0.25) is 0 Å². The van der Waals surface area contributed by atoms with Crippen LogP contribution in [0.15, 0.2) is 24.3 Å². The monoisotopic (exact) mass is 473 g/mol. The van der Waals surface area contributed by atoms with E-state index >= 15 is 0 Å². The largest absolute Gasteiger partial charge is 0.430 e.